The molecule has 17 heavy (non-hydrogen) atoms. The van der Waals surface area contributed by atoms with E-state index in [1.165, 1.54) is 0 Å². The van der Waals surface area contributed by atoms with Gasteiger partial charge >= 0.3 is 0 Å². The van der Waals surface area contributed by atoms with Crippen LogP contribution in [0.25, 0.3) is 0 Å². The van der Waals surface area contributed by atoms with E-state index < -0.39 is 12.2 Å². The summed E-state index contributed by atoms with van der Waals surface area (Å²) in [5.74, 6) is 0.108. The number of rotatable bonds is 2. The van der Waals surface area contributed by atoms with Crippen LogP contribution in [0.3, 0.4) is 0 Å². The molecule has 0 aliphatic carbocycles. The molecular weight excluding hydrogens is 220 g/mol. The lowest BCUT2D eigenvalue weighted by molar-refractivity contribution is -0.143. The maximum atomic E-state index is 12.5. The number of amides is 1. The molecular formula is C12H22N2O3. The van der Waals surface area contributed by atoms with Crippen LogP contribution in [0, 0.1) is 5.41 Å². The van der Waals surface area contributed by atoms with Crippen molar-refractivity contribution in [2.45, 2.75) is 38.4 Å². The van der Waals surface area contributed by atoms with Gasteiger partial charge in [0.05, 0.1) is 17.6 Å². The predicted octanol–water partition coefficient (Wildman–Crippen LogP) is -0.670. The molecule has 2 rings (SSSR count). The number of β-amino-alcohol motifs (C(OH)–C–C–N with tert-alkyl or cyclic N) is 2. The SMILES string of the molecule is CCC1(C(=O)N2CC(O)C(O)C2)CCNCC1. The molecule has 3 N–H and O–H groups in total. The quantitative estimate of drug-likeness (QED) is 0.600. The Kier molecular flexibility index (Phi) is 3.70. The highest BCUT2D eigenvalue weighted by atomic mass is 16.3. The number of carbonyl (C=O) groups excluding carboxylic acids is 1. The smallest absolute Gasteiger partial charge is 0.229 e. The maximum absolute atomic E-state index is 12.5. The van der Waals surface area contributed by atoms with Gasteiger partial charge in [0.1, 0.15) is 0 Å². The van der Waals surface area contributed by atoms with Gasteiger partial charge in [0.25, 0.3) is 0 Å². The van der Waals surface area contributed by atoms with E-state index >= 15 is 0 Å². The van der Waals surface area contributed by atoms with Crippen molar-refractivity contribution in [3.05, 3.63) is 0 Å². The Morgan fingerprint density at radius 3 is 2.29 bits per heavy atom. The van der Waals surface area contributed by atoms with E-state index in [1.54, 1.807) is 4.90 Å². The molecule has 2 aliphatic heterocycles. The molecule has 2 heterocycles. The Bertz CT molecular complexity index is 279. The van der Waals surface area contributed by atoms with Crippen LogP contribution in [-0.4, -0.2) is 59.4 Å². The largest absolute Gasteiger partial charge is 0.388 e. The highest BCUT2D eigenvalue weighted by molar-refractivity contribution is 5.83. The van der Waals surface area contributed by atoms with Crippen molar-refractivity contribution >= 4 is 5.91 Å². The van der Waals surface area contributed by atoms with Crippen LogP contribution >= 0.6 is 0 Å². The molecule has 2 fully saturated rings. The van der Waals surface area contributed by atoms with Crippen LogP contribution < -0.4 is 5.32 Å². The molecule has 2 saturated heterocycles. The molecule has 0 bridgehead atoms. The number of hydrogen-bond acceptors (Lipinski definition) is 4. The van der Waals surface area contributed by atoms with Gasteiger partial charge < -0.3 is 20.4 Å². The van der Waals surface area contributed by atoms with E-state index in [-0.39, 0.29) is 24.4 Å². The summed E-state index contributed by atoms with van der Waals surface area (Å²) in [6.07, 6.45) is 0.968. The van der Waals surface area contributed by atoms with E-state index in [2.05, 4.69) is 5.32 Å². The predicted molar refractivity (Wildman–Crippen MR) is 63.4 cm³/mol. The summed E-state index contributed by atoms with van der Waals surface area (Å²) in [6, 6.07) is 0. The second kappa shape index (κ2) is 4.92. The number of likely N-dealkylation sites (tertiary alicyclic amines) is 1. The Balaban J connectivity index is 2.07. The van der Waals surface area contributed by atoms with Gasteiger partial charge in [0, 0.05) is 13.1 Å². The number of nitrogens with zero attached hydrogens (tertiary/aromatic N) is 1. The topological polar surface area (TPSA) is 72.8 Å². The van der Waals surface area contributed by atoms with Gasteiger partial charge in [-0.05, 0) is 32.4 Å². The minimum absolute atomic E-state index is 0.108. The summed E-state index contributed by atoms with van der Waals surface area (Å²) < 4.78 is 0. The Morgan fingerprint density at radius 2 is 1.82 bits per heavy atom. The van der Waals surface area contributed by atoms with Crippen LogP contribution in [0.5, 0.6) is 0 Å². The average molecular weight is 242 g/mol. The number of hydrogen-bond donors (Lipinski definition) is 3. The van der Waals surface area contributed by atoms with Crippen LogP contribution in [0.1, 0.15) is 26.2 Å². The van der Waals surface area contributed by atoms with Crippen molar-refractivity contribution < 1.29 is 15.0 Å². The third kappa shape index (κ3) is 2.32. The summed E-state index contributed by atoms with van der Waals surface area (Å²) in [6.45, 7) is 4.34. The molecule has 5 heteroatoms. The van der Waals surface area contributed by atoms with E-state index in [9.17, 15) is 15.0 Å². The number of carbonyl (C=O) groups is 1. The molecule has 2 atom stereocenters. The fraction of sp³-hybridized carbons (Fsp3) is 0.917. The molecule has 98 valence electrons. The maximum Gasteiger partial charge on any atom is 0.229 e. The van der Waals surface area contributed by atoms with Crippen molar-refractivity contribution in [2.24, 2.45) is 5.41 Å². The van der Waals surface area contributed by atoms with Crippen molar-refractivity contribution in [2.75, 3.05) is 26.2 Å². The summed E-state index contributed by atoms with van der Waals surface area (Å²) in [4.78, 5) is 14.1. The van der Waals surface area contributed by atoms with E-state index in [1.807, 2.05) is 6.92 Å². The number of aliphatic hydroxyl groups is 2. The Morgan fingerprint density at radius 1 is 1.29 bits per heavy atom. The van der Waals surface area contributed by atoms with Gasteiger partial charge in [-0.15, -0.1) is 0 Å². The fourth-order valence-electron chi connectivity index (χ4n) is 2.89. The number of aliphatic hydroxyl groups excluding tert-OH is 2. The highest BCUT2D eigenvalue weighted by Gasteiger charge is 2.44. The van der Waals surface area contributed by atoms with E-state index in [4.69, 9.17) is 0 Å². The zero-order valence-corrected chi connectivity index (χ0v) is 10.4. The molecule has 0 aromatic rings. The van der Waals surface area contributed by atoms with Gasteiger partial charge in [-0.3, -0.25) is 4.79 Å². The third-order valence-electron chi connectivity index (χ3n) is 4.24. The van der Waals surface area contributed by atoms with Crippen LogP contribution in [-0.2, 0) is 4.79 Å². The highest BCUT2D eigenvalue weighted by Crippen LogP contribution is 2.35. The van der Waals surface area contributed by atoms with Crippen molar-refractivity contribution in [3.8, 4) is 0 Å². The summed E-state index contributed by atoms with van der Waals surface area (Å²) in [7, 11) is 0. The fourth-order valence-corrected chi connectivity index (χ4v) is 2.89. The molecule has 0 saturated carbocycles. The summed E-state index contributed by atoms with van der Waals surface area (Å²) in [5, 5.41) is 22.3. The van der Waals surface area contributed by atoms with Gasteiger partial charge in [-0.2, -0.15) is 0 Å². The minimum Gasteiger partial charge on any atom is -0.388 e. The number of nitrogens with one attached hydrogen (secondary N) is 1. The standard InChI is InChI=1S/C12H22N2O3/c1-2-12(3-5-13-6-4-12)11(17)14-7-9(15)10(16)8-14/h9-10,13,15-16H,2-8H2,1H3. The molecule has 2 unspecified atom stereocenters. The van der Waals surface area contributed by atoms with Gasteiger partial charge in [0.2, 0.25) is 5.91 Å². The molecule has 2 aliphatic rings. The summed E-state index contributed by atoms with van der Waals surface area (Å²) >= 11 is 0. The molecule has 1 amide bonds. The number of piperidine rings is 1. The van der Waals surface area contributed by atoms with Crippen LogP contribution in [0.15, 0.2) is 0 Å². The molecule has 0 aromatic heterocycles. The van der Waals surface area contributed by atoms with Crippen molar-refractivity contribution in [1.29, 1.82) is 0 Å². The Hall–Kier alpha value is -0.650. The molecule has 0 spiro atoms. The average Bonchev–Trinajstić information content (AvgIpc) is 2.69. The zero-order chi connectivity index (χ0) is 12.5. The van der Waals surface area contributed by atoms with Crippen LogP contribution in [0.4, 0.5) is 0 Å². The first-order chi connectivity index (χ1) is 8.09. The summed E-state index contributed by atoms with van der Waals surface area (Å²) in [5.41, 5.74) is -0.283. The normalized spacial score (nSPS) is 32.8. The van der Waals surface area contributed by atoms with Crippen molar-refractivity contribution in [1.82, 2.24) is 10.2 Å². The molecule has 0 radical (unpaired) electrons. The Labute approximate surface area is 102 Å². The first kappa shape index (κ1) is 12.8. The first-order valence-electron chi connectivity index (χ1n) is 6.45. The first-order valence-corrected chi connectivity index (χ1v) is 6.45. The van der Waals surface area contributed by atoms with Gasteiger partial charge in [-0.25, -0.2) is 0 Å². The van der Waals surface area contributed by atoms with E-state index in [0.717, 1.165) is 32.4 Å². The second-order valence-corrected chi connectivity index (χ2v) is 5.23. The monoisotopic (exact) mass is 242 g/mol. The zero-order valence-electron chi connectivity index (χ0n) is 10.4. The van der Waals surface area contributed by atoms with Gasteiger partial charge in [0.15, 0.2) is 0 Å². The lowest BCUT2D eigenvalue weighted by Crippen LogP contribution is -2.48. The van der Waals surface area contributed by atoms with Gasteiger partial charge in [-0.1, -0.05) is 6.92 Å². The lowest BCUT2D eigenvalue weighted by Gasteiger charge is -2.38. The second-order valence-electron chi connectivity index (χ2n) is 5.23. The molecule has 0 aromatic carbocycles. The molecule has 5 nitrogen and oxygen atoms in total. The minimum atomic E-state index is -0.783. The van der Waals surface area contributed by atoms with E-state index in [0.29, 0.717) is 0 Å². The van der Waals surface area contributed by atoms with Crippen molar-refractivity contribution in [3.63, 3.8) is 0 Å². The van der Waals surface area contributed by atoms with Crippen LogP contribution in [0.2, 0.25) is 0 Å². The lowest BCUT2D eigenvalue weighted by atomic mass is 9.75. The third-order valence-corrected chi connectivity index (χ3v) is 4.24.